The fourth-order valence-electron chi connectivity index (χ4n) is 12.8. The van der Waals surface area contributed by atoms with E-state index in [0.29, 0.717) is 12.8 Å². The van der Waals surface area contributed by atoms with Crippen LogP contribution in [0.1, 0.15) is 198 Å². The van der Waals surface area contributed by atoms with Gasteiger partial charge in [0.25, 0.3) is 0 Å². The highest BCUT2D eigenvalue weighted by atomic mass is 28.4. The number of carbonyl (C=O) groups excluding carboxylic acids is 4. The molecule has 0 amide bonds. The number of aliphatic hydroxyl groups is 1. The summed E-state index contributed by atoms with van der Waals surface area (Å²) in [7, 11) is -1.71. The minimum atomic E-state index is -1.71. The maximum atomic E-state index is 14.6. The van der Waals surface area contributed by atoms with Gasteiger partial charge in [-0.2, -0.15) is 19.2 Å². The van der Waals surface area contributed by atoms with Gasteiger partial charge in [-0.05, 0) is 239 Å². The van der Waals surface area contributed by atoms with Crippen LogP contribution in [0.25, 0.3) is 22.3 Å². The summed E-state index contributed by atoms with van der Waals surface area (Å²) < 4.78 is 35.8. The van der Waals surface area contributed by atoms with E-state index in [1.54, 1.807) is 12.1 Å². The van der Waals surface area contributed by atoms with Gasteiger partial charge >= 0.3 is 12.3 Å². The maximum Gasteiger partial charge on any atom is 0.373 e. The standard InChI is InChI=1S/C38H49FOSi.C35H41FO.2CO2/c1-9-30-15-16-32(27-36(30)39)35-20-19-34(26-29(35)5)38(10-2,11-3)33-18-17-31(28(4)25-33)21-24-37(40-41(6,7)8)22-13-12-14-23-37;1-6-27-12-13-29(24-33(27)36)32-17-16-31(23-26(32)5)35(7-2,8-3)30-15-14-28(25(4)22-30)18-21-34(37)19-10-9-11-20-34;2*2-1-3/h15-20,25-27H,9-14,22-23H2,1-8H3;12-17,22-24,37H,6-11,19-20H2,1-5H3;;. The molecular formula is C75H90F2O6Si. The Morgan fingerprint density at radius 2 is 0.821 bits per heavy atom. The third kappa shape index (κ3) is 16.8. The lowest BCUT2D eigenvalue weighted by atomic mass is 9.69. The van der Waals surface area contributed by atoms with Crippen molar-refractivity contribution in [2.75, 3.05) is 0 Å². The monoisotopic (exact) mass is 1150 g/mol. The zero-order valence-electron chi connectivity index (χ0n) is 52.5. The molecule has 0 heterocycles. The third-order valence-electron chi connectivity index (χ3n) is 17.7. The van der Waals surface area contributed by atoms with Gasteiger partial charge in [0.05, 0.1) is 0 Å². The molecule has 2 saturated carbocycles. The number of rotatable bonds is 14. The minimum absolute atomic E-state index is 0.0944. The highest BCUT2D eigenvalue weighted by molar-refractivity contribution is 6.69. The Labute approximate surface area is 502 Å². The summed E-state index contributed by atoms with van der Waals surface area (Å²) in [6.45, 7) is 28.5. The molecule has 0 spiro atoms. The Morgan fingerprint density at radius 3 is 1.14 bits per heavy atom. The van der Waals surface area contributed by atoms with Gasteiger partial charge in [0, 0.05) is 22.0 Å². The molecule has 1 N–H and O–H groups in total. The van der Waals surface area contributed by atoms with Crippen molar-refractivity contribution in [2.24, 2.45) is 0 Å². The van der Waals surface area contributed by atoms with Crippen molar-refractivity contribution in [2.45, 2.75) is 214 Å². The Hall–Kier alpha value is -6.80. The van der Waals surface area contributed by atoms with Crippen LogP contribution in [0.3, 0.4) is 0 Å². The summed E-state index contributed by atoms with van der Waals surface area (Å²) in [4.78, 5) is 32.5. The van der Waals surface area contributed by atoms with Crippen molar-refractivity contribution in [1.82, 2.24) is 0 Å². The van der Waals surface area contributed by atoms with Gasteiger partial charge in [-0.15, -0.1) is 0 Å². The Bertz CT molecular complexity index is 3370. The summed E-state index contributed by atoms with van der Waals surface area (Å²) in [6.07, 6.45) is 16.5. The first-order valence-electron chi connectivity index (χ1n) is 30.5. The lowest BCUT2D eigenvalue weighted by Crippen LogP contribution is -2.43. The number of hydrogen-bond acceptors (Lipinski definition) is 6. The molecule has 0 saturated heterocycles. The van der Waals surface area contributed by atoms with Crippen LogP contribution >= 0.6 is 0 Å². The number of hydrogen-bond donors (Lipinski definition) is 1. The van der Waals surface area contributed by atoms with Crippen molar-refractivity contribution < 1.29 is 37.5 Å². The molecule has 6 aromatic carbocycles. The van der Waals surface area contributed by atoms with Gasteiger partial charge in [0.15, 0.2) is 8.32 Å². The number of aryl methyl sites for hydroxylation is 6. The zero-order valence-corrected chi connectivity index (χ0v) is 53.5. The lowest BCUT2D eigenvalue weighted by Gasteiger charge is -2.38. The molecule has 0 aromatic heterocycles. The largest absolute Gasteiger partial charge is 0.402 e. The smallest absolute Gasteiger partial charge is 0.373 e. The molecule has 8 rings (SSSR count). The highest BCUT2D eigenvalue weighted by Crippen LogP contribution is 2.44. The molecule has 0 atom stereocenters. The Balaban J connectivity index is 0.000000282. The van der Waals surface area contributed by atoms with Crippen LogP contribution in [-0.4, -0.2) is 36.9 Å². The first-order chi connectivity index (χ1) is 40.0. The Morgan fingerprint density at radius 1 is 0.476 bits per heavy atom. The SMILES string of the molecule is CCc1ccc(-c2ccc(C(CC)(CC)c3ccc(C#CC4(O)CCCCC4)c(C)c3)cc2C)cc1F.CCc1ccc(-c2ccc(C(CC)(CC)c3ccc(C#CC4(O[Si](C)(C)C)CCCCC4)c(C)c3)cc2C)cc1F.O=C=O.O=C=O. The van der Waals surface area contributed by atoms with Crippen molar-refractivity contribution in [1.29, 1.82) is 0 Å². The van der Waals surface area contributed by atoms with E-state index in [1.807, 2.05) is 38.1 Å². The van der Waals surface area contributed by atoms with E-state index in [-0.39, 0.29) is 40.4 Å². The topological polar surface area (TPSA) is 97.7 Å². The van der Waals surface area contributed by atoms with Gasteiger partial charge in [0.2, 0.25) is 0 Å². The molecule has 0 radical (unpaired) electrons. The van der Waals surface area contributed by atoms with Crippen molar-refractivity contribution in [3.63, 3.8) is 0 Å². The first-order valence-corrected chi connectivity index (χ1v) is 33.9. The quantitative estimate of drug-likeness (QED) is 0.0862. The van der Waals surface area contributed by atoms with Crippen LogP contribution < -0.4 is 0 Å². The van der Waals surface area contributed by atoms with Crippen molar-refractivity contribution >= 4 is 20.6 Å². The van der Waals surface area contributed by atoms with Gasteiger partial charge in [-0.1, -0.05) is 163 Å². The van der Waals surface area contributed by atoms with Crippen molar-refractivity contribution in [3.05, 3.63) is 188 Å². The van der Waals surface area contributed by atoms with Gasteiger partial charge in [0.1, 0.15) is 22.8 Å². The number of benzene rings is 6. The van der Waals surface area contributed by atoms with Gasteiger partial charge in [-0.25, -0.2) is 8.78 Å². The van der Waals surface area contributed by atoms with Crippen LogP contribution in [0.5, 0.6) is 0 Å². The molecule has 9 heteroatoms. The molecule has 2 fully saturated rings. The predicted octanol–water partition coefficient (Wildman–Crippen LogP) is 18.3. The molecular weight excluding hydrogens is 1060 g/mol. The first kappa shape index (κ1) is 68.0. The Kier molecular flexibility index (Phi) is 25.0. The van der Waals surface area contributed by atoms with Gasteiger partial charge < -0.3 is 9.53 Å². The number of halogens is 2. The highest BCUT2D eigenvalue weighted by Gasteiger charge is 2.37. The fraction of sp³-hybridized carbons (Fsp3) is 0.440. The van der Waals surface area contributed by atoms with E-state index in [9.17, 15) is 13.9 Å². The zero-order chi connectivity index (χ0) is 61.9. The van der Waals surface area contributed by atoms with Crippen molar-refractivity contribution in [3.8, 4) is 45.9 Å². The van der Waals surface area contributed by atoms with E-state index in [4.69, 9.17) is 23.6 Å². The van der Waals surface area contributed by atoms with Crippen LogP contribution in [0.4, 0.5) is 8.78 Å². The van der Waals surface area contributed by atoms with Gasteiger partial charge in [-0.3, -0.25) is 0 Å². The molecule has 0 aliphatic heterocycles. The molecule has 6 aromatic rings. The summed E-state index contributed by atoms with van der Waals surface area (Å²) in [6, 6.07) is 38.2. The second-order valence-corrected chi connectivity index (χ2v) is 28.5. The van der Waals surface area contributed by atoms with E-state index < -0.39 is 13.9 Å². The fourth-order valence-corrected chi connectivity index (χ4v) is 14.3. The van der Waals surface area contributed by atoms with Crippen LogP contribution in [0.2, 0.25) is 19.6 Å². The van der Waals surface area contributed by atoms with Crippen LogP contribution in [0, 0.1) is 63.0 Å². The molecule has 0 unspecified atom stereocenters. The second-order valence-electron chi connectivity index (χ2n) is 24.0. The predicted molar refractivity (Wildman–Crippen MR) is 339 cm³/mol. The minimum Gasteiger partial charge on any atom is -0.402 e. The summed E-state index contributed by atoms with van der Waals surface area (Å²) in [5.41, 5.74) is 16.3. The van der Waals surface area contributed by atoms with E-state index >= 15 is 0 Å². The molecule has 0 bridgehead atoms. The second kappa shape index (κ2) is 30.8. The average molecular weight is 1150 g/mol. The average Bonchev–Trinajstić information content (AvgIpc) is 1.73. The normalized spacial score (nSPS) is 14.4. The van der Waals surface area contributed by atoms with E-state index in [2.05, 4.69) is 172 Å². The molecule has 2 aliphatic rings. The molecule has 444 valence electrons. The van der Waals surface area contributed by atoms with Crippen LogP contribution in [0.15, 0.2) is 109 Å². The molecule has 84 heavy (non-hydrogen) atoms. The third-order valence-corrected chi connectivity index (χ3v) is 18.7. The summed E-state index contributed by atoms with van der Waals surface area (Å²) in [5.74, 6) is 13.4. The van der Waals surface area contributed by atoms with Crippen LogP contribution in [-0.2, 0) is 47.3 Å². The lowest BCUT2D eigenvalue weighted by molar-refractivity contribution is -0.193. The summed E-state index contributed by atoms with van der Waals surface area (Å²) in [5, 5.41) is 10.8. The molecule has 6 nitrogen and oxygen atoms in total. The van der Waals surface area contributed by atoms with E-state index in [0.717, 1.165) is 120 Å². The molecule has 2 aliphatic carbocycles. The maximum absolute atomic E-state index is 14.6. The summed E-state index contributed by atoms with van der Waals surface area (Å²) >= 11 is 0. The van der Waals surface area contributed by atoms with E-state index in [1.165, 1.54) is 59.1 Å².